The lowest BCUT2D eigenvalue weighted by Crippen LogP contribution is -2.36. The fourth-order valence-corrected chi connectivity index (χ4v) is 3.96. The van der Waals surface area contributed by atoms with E-state index in [4.69, 9.17) is 12.2 Å². The van der Waals surface area contributed by atoms with Crippen molar-refractivity contribution in [3.63, 3.8) is 0 Å². The average molecular weight is 444 g/mol. The summed E-state index contributed by atoms with van der Waals surface area (Å²) in [4.78, 5) is 36.8. The second-order valence-corrected chi connectivity index (χ2v) is 8.05. The fraction of sp³-hybridized carbons (Fsp3) is 0.150. The van der Waals surface area contributed by atoms with Crippen LogP contribution in [0.2, 0.25) is 0 Å². The number of nitrogens with one attached hydrogen (secondary N) is 1. The molecule has 0 saturated carbocycles. The van der Waals surface area contributed by atoms with Crippen LogP contribution in [-0.2, 0) is 16.0 Å². The molecule has 2 amide bonds. The van der Waals surface area contributed by atoms with Gasteiger partial charge in [-0.25, -0.2) is 0 Å². The molecule has 0 aliphatic carbocycles. The van der Waals surface area contributed by atoms with Crippen LogP contribution in [0, 0.1) is 10.1 Å². The van der Waals surface area contributed by atoms with E-state index in [1.165, 1.54) is 5.56 Å². The van der Waals surface area contributed by atoms with E-state index >= 15 is 0 Å². The van der Waals surface area contributed by atoms with E-state index in [2.05, 4.69) is 12.2 Å². The summed E-state index contributed by atoms with van der Waals surface area (Å²) < 4.78 is 0.231. The summed E-state index contributed by atoms with van der Waals surface area (Å²) in [6, 6.07) is 11.0. The zero-order valence-electron chi connectivity index (χ0n) is 15.8. The predicted molar refractivity (Wildman–Crippen MR) is 119 cm³/mol. The molecular formula is C20H17N3O5S2. The first-order chi connectivity index (χ1) is 14.3. The third-order valence-corrected chi connectivity index (χ3v) is 5.70. The van der Waals surface area contributed by atoms with Crippen LogP contribution in [0.4, 0.5) is 11.4 Å². The lowest BCUT2D eigenvalue weighted by atomic mass is 10.1. The van der Waals surface area contributed by atoms with Crippen molar-refractivity contribution in [2.24, 2.45) is 0 Å². The molecule has 1 heterocycles. The van der Waals surface area contributed by atoms with Crippen molar-refractivity contribution < 1.29 is 19.6 Å². The molecule has 0 bridgehead atoms. The van der Waals surface area contributed by atoms with Crippen LogP contribution in [0.15, 0.2) is 47.4 Å². The van der Waals surface area contributed by atoms with Gasteiger partial charge >= 0.3 is 0 Å². The number of nitro benzene ring substituents is 1. The van der Waals surface area contributed by atoms with Gasteiger partial charge in [-0.3, -0.25) is 24.6 Å². The zero-order chi connectivity index (χ0) is 21.8. The van der Waals surface area contributed by atoms with Gasteiger partial charge in [0.25, 0.3) is 11.6 Å². The highest BCUT2D eigenvalue weighted by Crippen LogP contribution is 2.33. The number of nitro groups is 1. The average Bonchev–Trinajstić information content (AvgIpc) is 2.97. The summed E-state index contributed by atoms with van der Waals surface area (Å²) in [5, 5.41) is 23.1. The third kappa shape index (κ3) is 4.84. The molecule has 1 aliphatic rings. The summed E-state index contributed by atoms with van der Waals surface area (Å²) in [6.45, 7) is 1.68. The number of nitrogens with zero attached hydrogens (tertiary/aromatic N) is 2. The van der Waals surface area contributed by atoms with Crippen LogP contribution >= 0.6 is 24.0 Å². The van der Waals surface area contributed by atoms with Gasteiger partial charge in [0.2, 0.25) is 5.91 Å². The highest BCUT2D eigenvalue weighted by atomic mass is 32.2. The molecule has 1 aliphatic heterocycles. The van der Waals surface area contributed by atoms with Gasteiger partial charge in [0.05, 0.1) is 15.5 Å². The van der Waals surface area contributed by atoms with Crippen molar-refractivity contribution in [2.75, 3.05) is 11.9 Å². The van der Waals surface area contributed by atoms with Crippen LogP contribution < -0.4 is 5.32 Å². The number of thioether (sulfide) groups is 1. The number of hydrogen-bond donors (Lipinski definition) is 2. The van der Waals surface area contributed by atoms with Crippen molar-refractivity contribution in [1.82, 2.24) is 4.90 Å². The molecule has 154 valence electrons. The van der Waals surface area contributed by atoms with Gasteiger partial charge in [0, 0.05) is 12.1 Å². The number of aromatic hydroxyl groups is 1. The van der Waals surface area contributed by atoms with E-state index < -0.39 is 16.7 Å². The lowest BCUT2D eigenvalue weighted by Gasteiger charge is -2.14. The van der Waals surface area contributed by atoms with Gasteiger partial charge in [-0.05, 0) is 29.7 Å². The molecule has 8 nitrogen and oxygen atoms in total. The van der Waals surface area contributed by atoms with Crippen LogP contribution in [0.3, 0.4) is 0 Å². The van der Waals surface area contributed by atoms with Gasteiger partial charge in [-0.15, -0.1) is 0 Å². The van der Waals surface area contributed by atoms with E-state index in [9.17, 15) is 24.8 Å². The summed E-state index contributed by atoms with van der Waals surface area (Å²) in [6.07, 6.45) is 2.63. The van der Waals surface area contributed by atoms with Crippen molar-refractivity contribution in [3.05, 3.63) is 68.6 Å². The molecule has 0 radical (unpaired) electrons. The number of anilines is 1. The minimum absolute atomic E-state index is 0.119. The molecule has 2 aromatic carbocycles. The molecule has 30 heavy (non-hydrogen) atoms. The number of carbonyl (C=O) groups is 2. The molecule has 1 saturated heterocycles. The minimum atomic E-state index is -0.644. The Morgan fingerprint density at radius 3 is 2.63 bits per heavy atom. The zero-order valence-corrected chi connectivity index (χ0v) is 17.5. The van der Waals surface area contributed by atoms with Crippen molar-refractivity contribution in [1.29, 1.82) is 0 Å². The first-order valence-electron chi connectivity index (χ1n) is 8.90. The quantitative estimate of drug-likeness (QED) is 0.230. The van der Waals surface area contributed by atoms with Gasteiger partial charge in [0.15, 0.2) is 0 Å². The Labute approximate surface area is 181 Å². The van der Waals surface area contributed by atoms with Crippen LogP contribution in [0.5, 0.6) is 5.75 Å². The number of rotatable bonds is 6. The molecular weight excluding hydrogens is 426 g/mol. The Balaban J connectivity index is 1.71. The number of phenolic OH excluding ortho intramolecular Hbond substituents is 1. The largest absolute Gasteiger partial charge is 0.506 e. The number of hydrogen-bond acceptors (Lipinski definition) is 7. The number of thiocarbonyl (C=S) groups is 1. The first-order valence-corrected chi connectivity index (χ1v) is 10.1. The van der Waals surface area contributed by atoms with Gasteiger partial charge in [0.1, 0.15) is 16.6 Å². The molecule has 10 heteroatoms. The predicted octanol–water partition coefficient (Wildman–Crippen LogP) is 3.70. The lowest BCUT2D eigenvalue weighted by molar-refractivity contribution is -0.384. The maximum Gasteiger partial charge on any atom is 0.271 e. The second kappa shape index (κ2) is 9.06. The number of carbonyl (C=O) groups excluding carboxylic acids is 2. The maximum atomic E-state index is 12.7. The monoisotopic (exact) mass is 443 g/mol. The number of aryl methyl sites for hydroxylation is 1. The summed E-state index contributed by atoms with van der Waals surface area (Å²) in [5.74, 6) is -1.37. The Hall–Kier alpha value is -3.24. The Morgan fingerprint density at radius 2 is 2.00 bits per heavy atom. The number of non-ortho nitro benzene ring substituents is 1. The first kappa shape index (κ1) is 21.5. The topological polar surface area (TPSA) is 113 Å². The van der Waals surface area contributed by atoms with E-state index in [1.54, 1.807) is 6.08 Å². The summed E-state index contributed by atoms with van der Waals surface area (Å²) in [5.41, 5.74) is 1.62. The second-order valence-electron chi connectivity index (χ2n) is 6.37. The van der Waals surface area contributed by atoms with E-state index in [0.29, 0.717) is 4.91 Å². The number of benzene rings is 2. The third-order valence-electron chi connectivity index (χ3n) is 4.33. The van der Waals surface area contributed by atoms with Gasteiger partial charge in [-0.2, -0.15) is 0 Å². The van der Waals surface area contributed by atoms with Crippen LogP contribution in [-0.4, -0.2) is 37.6 Å². The normalized spacial score (nSPS) is 15.0. The maximum absolute atomic E-state index is 12.7. The fourth-order valence-electron chi connectivity index (χ4n) is 2.71. The van der Waals surface area contributed by atoms with Crippen LogP contribution in [0.1, 0.15) is 18.1 Å². The molecule has 0 spiro atoms. The molecule has 2 N–H and O–H groups in total. The molecule has 3 rings (SSSR count). The summed E-state index contributed by atoms with van der Waals surface area (Å²) in [7, 11) is 0. The molecule has 0 aromatic heterocycles. The van der Waals surface area contributed by atoms with Gasteiger partial charge < -0.3 is 10.4 Å². The highest BCUT2D eigenvalue weighted by molar-refractivity contribution is 8.26. The Bertz CT molecular complexity index is 1070. The van der Waals surface area contributed by atoms with E-state index in [-0.39, 0.29) is 28.0 Å². The summed E-state index contributed by atoms with van der Waals surface area (Å²) >= 11 is 6.32. The smallest absolute Gasteiger partial charge is 0.271 e. The van der Waals surface area contributed by atoms with Crippen molar-refractivity contribution in [2.45, 2.75) is 13.3 Å². The Morgan fingerprint density at radius 1 is 1.30 bits per heavy atom. The van der Waals surface area contributed by atoms with Crippen molar-refractivity contribution in [3.8, 4) is 5.75 Å². The van der Waals surface area contributed by atoms with Crippen molar-refractivity contribution >= 4 is 57.6 Å². The van der Waals surface area contributed by atoms with Crippen LogP contribution in [0.25, 0.3) is 6.08 Å². The molecule has 1 fully saturated rings. The Kier molecular flexibility index (Phi) is 6.48. The molecule has 0 unspecified atom stereocenters. The SMILES string of the molecule is CCc1ccc(/C=C2\SC(=S)N(CC(=O)Nc3cc([N+](=O)[O-])ccc3O)C2=O)cc1. The minimum Gasteiger partial charge on any atom is -0.506 e. The van der Waals surface area contributed by atoms with Gasteiger partial charge in [-0.1, -0.05) is 55.2 Å². The molecule has 0 atom stereocenters. The number of amides is 2. The van der Waals surface area contributed by atoms with E-state index in [1.807, 2.05) is 24.3 Å². The molecule has 2 aromatic rings. The highest BCUT2D eigenvalue weighted by Gasteiger charge is 2.33. The number of phenols is 1. The van der Waals surface area contributed by atoms with E-state index in [0.717, 1.165) is 46.8 Å². The standard InChI is InChI=1S/C20H17N3O5S2/c1-2-12-3-5-13(6-4-12)9-17-19(26)22(20(29)30-17)11-18(25)21-15-10-14(23(27)28)7-8-16(15)24/h3-10,24H,2,11H2,1H3,(H,21,25)/b17-9-.